The van der Waals surface area contributed by atoms with Crippen LogP contribution in [-0.2, 0) is 4.79 Å². The molecule has 0 bridgehead atoms. The zero-order valence-electron chi connectivity index (χ0n) is 9.12. The van der Waals surface area contributed by atoms with Crippen LogP contribution in [0.25, 0.3) is 0 Å². The molecule has 17 heavy (non-hydrogen) atoms. The fraction of sp³-hybridized carbons (Fsp3) is 0.364. The molecule has 90 valence electrons. The highest BCUT2D eigenvalue weighted by Gasteiger charge is 2.47. The van der Waals surface area contributed by atoms with Gasteiger partial charge in [-0.1, -0.05) is 12.1 Å². The standard InChI is InChI=1S/C11H11NO5/c1-17-9-4-2-3-6(10(9)12(15)16)7-5-8(7)11(13)14/h2-4,7-8H,5H2,1H3,(H,13,14). The van der Waals surface area contributed by atoms with Gasteiger partial charge >= 0.3 is 11.7 Å². The number of carbonyl (C=O) groups is 1. The van der Waals surface area contributed by atoms with Crippen LogP contribution in [0.5, 0.6) is 5.75 Å². The summed E-state index contributed by atoms with van der Waals surface area (Å²) in [7, 11) is 1.35. The lowest BCUT2D eigenvalue weighted by atomic mass is 10.1. The minimum atomic E-state index is -0.910. The van der Waals surface area contributed by atoms with Crippen LogP contribution in [0.1, 0.15) is 17.9 Å². The van der Waals surface area contributed by atoms with Gasteiger partial charge in [-0.3, -0.25) is 14.9 Å². The van der Waals surface area contributed by atoms with Gasteiger partial charge in [0.1, 0.15) is 0 Å². The minimum Gasteiger partial charge on any atom is -0.490 e. The fourth-order valence-electron chi connectivity index (χ4n) is 2.01. The second kappa shape index (κ2) is 4.04. The van der Waals surface area contributed by atoms with Gasteiger partial charge < -0.3 is 9.84 Å². The number of benzene rings is 1. The van der Waals surface area contributed by atoms with E-state index >= 15 is 0 Å². The molecule has 0 radical (unpaired) electrons. The van der Waals surface area contributed by atoms with Gasteiger partial charge in [-0.2, -0.15) is 0 Å². The summed E-state index contributed by atoms with van der Waals surface area (Å²) in [5.74, 6) is -1.53. The average molecular weight is 237 g/mol. The topological polar surface area (TPSA) is 89.7 Å². The number of methoxy groups -OCH3 is 1. The summed E-state index contributed by atoms with van der Waals surface area (Å²) in [4.78, 5) is 21.2. The Kier molecular flexibility index (Phi) is 2.71. The molecule has 1 aliphatic rings. The van der Waals surface area contributed by atoms with Gasteiger partial charge in [0.15, 0.2) is 5.75 Å². The van der Waals surface area contributed by atoms with Crippen LogP contribution in [0.2, 0.25) is 0 Å². The van der Waals surface area contributed by atoms with Crippen LogP contribution in [-0.4, -0.2) is 23.1 Å². The van der Waals surface area contributed by atoms with Crippen LogP contribution in [0, 0.1) is 16.0 Å². The third-order valence-corrected chi connectivity index (χ3v) is 2.94. The normalized spacial score (nSPS) is 21.9. The number of ether oxygens (including phenoxy) is 1. The Morgan fingerprint density at radius 1 is 1.59 bits per heavy atom. The van der Waals surface area contributed by atoms with Crippen LogP contribution in [0.3, 0.4) is 0 Å². The molecule has 1 aliphatic carbocycles. The van der Waals surface area contributed by atoms with Gasteiger partial charge in [-0.15, -0.1) is 0 Å². The zero-order chi connectivity index (χ0) is 12.6. The molecule has 1 saturated carbocycles. The van der Waals surface area contributed by atoms with Crippen molar-refractivity contribution in [3.63, 3.8) is 0 Å². The van der Waals surface area contributed by atoms with E-state index in [1.54, 1.807) is 12.1 Å². The van der Waals surface area contributed by atoms with Crippen molar-refractivity contribution < 1.29 is 19.6 Å². The number of nitro benzene ring substituents is 1. The number of hydrogen-bond donors (Lipinski definition) is 1. The maximum atomic E-state index is 11.0. The van der Waals surface area contributed by atoms with Crippen LogP contribution < -0.4 is 4.74 Å². The first-order chi connectivity index (χ1) is 8.06. The maximum absolute atomic E-state index is 11.0. The zero-order valence-corrected chi connectivity index (χ0v) is 9.12. The van der Waals surface area contributed by atoms with E-state index in [0.717, 1.165) is 0 Å². The first-order valence-corrected chi connectivity index (χ1v) is 5.10. The number of nitro groups is 1. The monoisotopic (exact) mass is 237 g/mol. The number of carboxylic acids is 1. The third kappa shape index (κ3) is 1.93. The molecule has 6 heteroatoms. The lowest BCUT2D eigenvalue weighted by molar-refractivity contribution is -0.386. The molecule has 0 aliphatic heterocycles. The summed E-state index contributed by atoms with van der Waals surface area (Å²) in [5, 5.41) is 19.8. The van der Waals surface area contributed by atoms with E-state index in [1.807, 2.05) is 0 Å². The molecule has 2 rings (SSSR count). The first-order valence-electron chi connectivity index (χ1n) is 5.10. The van der Waals surface area contributed by atoms with E-state index in [2.05, 4.69) is 0 Å². The lowest BCUT2D eigenvalue weighted by Gasteiger charge is -2.05. The van der Waals surface area contributed by atoms with Crippen LogP contribution >= 0.6 is 0 Å². The second-order valence-corrected chi connectivity index (χ2v) is 3.94. The molecule has 0 saturated heterocycles. The van der Waals surface area contributed by atoms with Gasteiger partial charge in [0, 0.05) is 11.5 Å². The summed E-state index contributed by atoms with van der Waals surface area (Å²) >= 11 is 0. The Bertz CT molecular complexity index is 485. The Labute approximate surface area is 97.0 Å². The van der Waals surface area contributed by atoms with Crippen molar-refractivity contribution in [2.75, 3.05) is 7.11 Å². The molecule has 2 atom stereocenters. The van der Waals surface area contributed by atoms with Crippen LogP contribution in [0.4, 0.5) is 5.69 Å². The first kappa shape index (κ1) is 11.4. The maximum Gasteiger partial charge on any atom is 0.314 e. The molecule has 0 aromatic heterocycles. The number of rotatable bonds is 4. The Balaban J connectivity index is 2.41. The number of para-hydroxylation sites is 1. The molecular formula is C11H11NO5. The van der Waals surface area contributed by atoms with E-state index in [9.17, 15) is 14.9 Å². The number of aliphatic carboxylic acids is 1. The smallest absolute Gasteiger partial charge is 0.314 e. The fourth-order valence-corrected chi connectivity index (χ4v) is 2.01. The average Bonchev–Trinajstić information content (AvgIpc) is 3.07. The van der Waals surface area contributed by atoms with Crippen molar-refractivity contribution in [1.29, 1.82) is 0 Å². The molecule has 1 aromatic carbocycles. The Hall–Kier alpha value is -2.11. The SMILES string of the molecule is COc1cccc(C2CC2C(=O)O)c1[N+](=O)[O-]. The number of carboxylic acid groups (broad SMARTS) is 1. The van der Waals surface area contributed by atoms with E-state index < -0.39 is 16.8 Å². The van der Waals surface area contributed by atoms with Gasteiger partial charge in [-0.25, -0.2) is 0 Å². The molecule has 1 aromatic rings. The summed E-state index contributed by atoms with van der Waals surface area (Å²) in [5.41, 5.74) is 0.325. The van der Waals surface area contributed by atoms with E-state index in [4.69, 9.17) is 9.84 Å². The van der Waals surface area contributed by atoms with Crippen molar-refractivity contribution in [2.24, 2.45) is 5.92 Å². The summed E-state index contributed by atoms with van der Waals surface area (Å²) in [6.45, 7) is 0. The van der Waals surface area contributed by atoms with Crippen molar-refractivity contribution in [1.82, 2.24) is 0 Å². The third-order valence-electron chi connectivity index (χ3n) is 2.94. The molecule has 6 nitrogen and oxygen atoms in total. The lowest BCUT2D eigenvalue weighted by Crippen LogP contribution is -2.02. The molecular weight excluding hydrogens is 226 g/mol. The predicted molar refractivity (Wildman–Crippen MR) is 58.1 cm³/mol. The summed E-state index contributed by atoms with van der Waals surface area (Å²) in [6.07, 6.45) is 0.448. The van der Waals surface area contributed by atoms with E-state index in [0.29, 0.717) is 12.0 Å². The Morgan fingerprint density at radius 3 is 2.76 bits per heavy atom. The molecule has 2 unspecified atom stereocenters. The number of nitrogens with zero attached hydrogens (tertiary/aromatic N) is 1. The molecule has 0 amide bonds. The Morgan fingerprint density at radius 2 is 2.29 bits per heavy atom. The molecule has 1 N–H and O–H groups in total. The van der Waals surface area contributed by atoms with Gasteiger partial charge in [0.2, 0.25) is 0 Å². The summed E-state index contributed by atoms with van der Waals surface area (Å²) < 4.78 is 4.93. The highest BCUT2D eigenvalue weighted by Crippen LogP contribution is 2.52. The highest BCUT2D eigenvalue weighted by molar-refractivity contribution is 5.76. The van der Waals surface area contributed by atoms with Gasteiger partial charge in [0.25, 0.3) is 0 Å². The second-order valence-electron chi connectivity index (χ2n) is 3.94. The predicted octanol–water partition coefficient (Wildman–Crippen LogP) is 1.79. The van der Waals surface area contributed by atoms with Gasteiger partial charge in [0.05, 0.1) is 18.0 Å². The van der Waals surface area contributed by atoms with Crippen molar-refractivity contribution in [3.05, 3.63) is 33.9 Å². The minimum absolute atomic E-state index is 0.122. The van der Waals surface area contributed by atoms with E-state index in [1.165, 1.54) is 13.2 Å². The number of hydrogen-bond acceptors (Lipinski definition) is 4. The van der Waals surface area contributed by atoms with E-state index in [-0.39, 0.29) is 17.4 Å². The molecule has 0 heterocycles. The quantitative estimate of drug-likeness (QED) is 0.636. The van der Waals surface area contributed by atoms with Crippen molar-refractivity contribution in [2.45, 2.75) is 12.3 Å². The molecule has 1 fully saturated rings. The molecule has 0 spiro atoms. The van der Waals surface area contributed by atoms with Crippen molar-refractivity contribution >= 4 is 11.7 Å². The van der Waals surface area contributed by atoms with Gasteiger partial charge in [-0.05, 0) is 12.5 Å². The largest absolute Gasteiger partial charge is 0.490 e. The van der Waals surface area contributed by atoms with Crippen LogP contribution in [0.15, 0.2) is 18.2 Å². The van der Waals surface area contributed by atoms with Crippen molar-refractivity contribution in [3.8, 4) is 5.75 Å². The highest BCUT2D eigenvalue weighted by atomic mass is 16.6. The summed E-state index contributed by atoms with van der Waals surface area (Å²) in [6, 6.07) is 4.73.